The summed E-state index contributed by atoms with van der Waals surface area (Å²) >= 11 is 0. The van der Waals surface area contributed by atoms with Crippen LogP contribution in [0.2, 0.25) is 0 Å². The smallest absolute Gasteiger partial charge is 0.329 e. The molecule has 0 aliphatic heterocycles. The van der Waals surface area contributed by atoms with Gasteiger partial charge in [0.2, 0.25) is 11.8 Å². The van der Waals surface area contributed by atoms with E-state index in [1.54, 1.807) is 12.1 Å². The van der Waals surface area contributed by atoms with Crippen LogP contribution in [0.5, 0.6) is 0 Å². The van der Waals surface area contributed by atoms with Crippen LogP contribution >= 0.6 is 0 Å². The number of nitro benzene ring substituents is 1. The van der Waals surface area contributed by atoms with Crippen molar-refractivity contribution >= 4 is 39.9 Å². The number of hydrogen-bond donors (Lipinski definition) is 1. The molecule has 184 valence electrons. The molecule has 0 saturated heterocycles. The van der Waals surface area contributed by atoms with Crippen LogP contribution < -0.4 is 21.2 Å². The summed E-state index contributed by atoms with van der Waals surface area (Å²) in [4.78, 5) is 52.2. The van der Waals surface area contributed by atoms with E-state index in [1.165, 1.54) is 38.3 Å². The average molecular weight is 481 g/mol. The van der Waals surface area contributed by atoms with Gasteiger partial charge in [-0.2, -0.15) is 0 Å². The van der Waals surface area contributed by atoms with E-state index < -0.39 is 22.4 Å². The van der Waals surface area contributed by atoms with Crippen molar-refractivity contribution in [3.05, 3.63) is 75.7 Å². The minimum atomic E-state index is -0.705. The highest BCUT2D eigenvalue weighted by Gasteiger charge is 2.23. The zero-order valence-electron chi connectivity index (χ0n) is 19.7. The number of allylic oxidation sites excluding steroid dienone is 1. The number of nitrogens with zero attached hydrogens (tertiary/aromatic N) is 5. The van der Waals surface area contributed by atoms with Crippen LogP contribution in [0.25, 0.3) is 11.0 Å². The van der Waals surface area contributed by atoms with Crippen LogP contribution in [0.15, 0.2) is 59.9 Å². The molecule has 0 radical (unpaired) electrons. The lowest BCUT2D eigenvalue weighted by Gasteiger charge is -2.24. The highest BCUT2D eigenvalue weighted by atomic mass is 16.6. The summed E-state index contributed by atoms with van der Waals surface area (Å²) in [7, 11) is 0. The van der Waals surface area contributed by atoms with Crippen LogP contribution in [0.3, 0.4) is 0 Å². The molecule has 3 aromatic rings. The fourth-order valence-corrected chi connectivity index (χ4v) is 4.01. The molecule has 2 N–H and O–H groups in total. The Morgan fingerprint density at radius 2 is 1.69 bits per heavy atom. The third-order valence-electron chi connectivity index (χ3n) is 5.72. The zero-order chi connectivity index (χ0) is 25.7. The Balaban J connectivity index is 2.01. The number of carbonyl (C=O) groups excluding carboxylic acids is 2. The first-order valence-corrected chi connectivity index (χ1v) is 11.1. The third-order valence-corrected chi connectivity index (χ3v) is 5.72. The minimum absolute atomic E-state index is 0.107. The summed E-state index contributed by atoms with van der Waals surface area (Å²) in [6.45, 7) is 8.69. The van der Waals surface area contributed by atoms with Crippen LogP contribution in [0.1, 0.15) is 13.8 Å². The fraction of sp³-hybridized carbons (Fsp3) is 0.292. The number of anilines is 2. The quantitative estimate of drug-likeness (QED) is 0.254. The Morgan fingerprint density at radius 1 is 1.06 bits per heavy atom. The van der Waals surface area contributed by atoms with E-state index >= 15 is 0 Å². The highest BCUT2D eigenvalue weighted by Crippen LogP contribution is 2.23. The van der Waals surface area contributed by atoms with Crippen molar-refractivity contribution in [1.82, 2.24) is 9.13 Å². The first-order valence-electron chi connectivity index (χ1n) is 11.1. The van der Waals surface area contributed by atoms with E-state index in [2.05, 4.69) is 11.5 Å². The van der Waals surface area contributed by atoms with Crippen molar-refractivity contribution in [3.8, 4) is 0 Å². The monoisotopic (exact) mass is 480 g/mol. The van der Waals surface area contributed by atoms with Crippen LogP contribution in [0, 0.1) is 10.1 Å². The molecule has 3 rings (SSSR count). The van der Waals surface area contributed by atoms with Crippen molar-refractivity contribution < 1.29 is 14.5 Å². The van der Waals surface area contributed by atoms with Gasteiger partial charge in [0, 0.05) is 43.1 Å². The number of carbonyl (C=O) groups is 2. The van der Waals surface area contributed by atoms with E-state index in [1.807, 2.05) is 26.0 Å². The summed E-state index contributed by atoms with van der Waals surface area (Å²) in [6.07, 6.45) is 1.49. The minimum Gasteiger partial charge on any atom is -0.372 e. The number of nitrogens with two attached hydrogens (primary N) is 1. The zero-order valence-corrected chi connectivity index (χ0v) is 19.7. The molecular formula is C24H28N6O5. The molecule has 11 nitrogen and oxygen atoms in total. The number of hydrogen-bond acceptors (Lipinski definition) is 6. The molecule has 0 unspecified atom stereocenters. The van der Waals surface area contributed by atoms with Crippen molar-refractivity contribution in [1.29, 1.82) is 0 Å². The first-order chi connectivity index (χ1) is 16.7. The molecule has 0 aliphatic rings. The molecule has 0 bridgehead atoms. The Kier molecular flexibility index (Phi) is 7.69. The lowest BCUT2D eigenvalue weighted by atomic mass is 10.2. The lowest BCUT2D eigenvalue weighted by Crippen LogP contribution is -2.41. The number of fused-ring (bicyclic) bond motifs is 1. The lowest BCUT2D eigenvalue weighted by molar-refractivity contribution is -0.384. The number of benzene rings is 2. The molecule has 0 saturated carbocycles. The second kappa shape index (κ2) is 10.7. The topological polar surface area (TPSA) is 137 Å². The van der Waals surface area contributed by atoms with Gasteiger partial charge in [0.25, 0.3) is 5.69 Å². The highest BCUT2D eigenvalue weighted by molar-refractivity contribution is 5.99. The van der Waals surface area contributed by atoms with E-state index in [9.17, 15) is 24.5 Å². The third kappa shape index (κ3) is 5.24. The van der Waals surface area contributed by atoms with Gasteiger partial charge in [-0.15, -0.1) is 6.58 Å². The second-order valence-corrected chi connectivity index (χ2v) is 7.83. The summed E-state index contributed by atoms with van der Waals surface area (Å²) in [6, 6.07) is 11.1. The molecule has 0 fully saturated rings. The maximum absolute atomic E-state index is 13.3. The fourth-order valence-electron chi connectivity index (χ4n) is 4.01. The normalized spacial score (nSPS) is 10.8. The van der Waals surface area contributed by atoms with Crippen LogP contribution in [0.4, 0.5) is 17.1 Å². The number of amides is 2. The van der Waals surface area contributed by atoms with E-state index in [0.29, 0.717) is 16.7 Å². The molecule has 1 heterocycles. The molecule has 11 heteroatoms. The van der Waals surface area contributed by atoms with E-state index in [0.717, 1.165) is 18.8 Å². The SMILES string of the molecule is C=CCn1c(=O)n(CC(=O)N(CC(N)=O)c2ccc(N(CC)CC)cc2)c2ccc([N+](=O)[O-])cc21. The molecule has 2 aromatic carbocycles. The Morgan fingerprint density at radius 3 is 2.23 bits per heavy atom. The van der Waals surface area contributed by atoms with Gasteiger partial charge in [-0.3, -0.25) is 28.8 Å². The molecule has 0 atom stereocenters. The number of aromatic nitrogens is 2. The van der Waals surface area contributed by atoms with Gasteiger partial charge in [0.05, 0.1) is 16.0 Å². The van der Waals surface area contributed by atoms with Gasteiger partial charge < -0.3 is 15.5 Å². The standard InChI is InChI=1S/C24H28N6O5/c1-4-13-27-21-14-19(30(34)35)11-12-20(21)29(24(27)33)16-23(32)28(15-22(25)31)18-9-7-17(8-10-18)26(5-2)6-3/h4,7-12,14H,1,5-6,13,15-16H2,2-3H3,(H2,25,31). The Bertz CT molecular complexity index is 1320. The second-order valence-electron chi connectivity index (χ2n) is 7.83. The van der Waals surface area contributed by atoms with Crippen LogP contribution in [-0.4, -0.2) is 45.5 Å². The average Bonchev–Trinajstić information content (AvgIpc) is 3.09. The predicted octanol–water partition coefficient (Wildman–Crippen LogP) is 2.26. The molecule has 35 heavy (non-hydrogen) atoms. The summed E-state index contributed by atoms with van der Waals surface area (Å²) in [5.74, 6) is -1.24. The van der Waals surface area contributed by atoms with Gasteiger partial charge in [-0.1, -0.05) is 6.08 Å². The van der Waals surface area contributed by atoms with Gasteiger partial charge in [-0.05, 0) is 44.2 Å². The largest absolute Gasteiger partial charge is 0.372 e. The van der Waals surface area contributed by atoms with Crippen molar-refractivity contribution in [3.63, 3.8) is 0 Å². The number of imidazole rings is 1. The summed E-state index contributed by atoms with van der Waals surface area (Å²) in [5, 5.41) is 11.2. The summed E-state index contributed by atoms with van der Waals surface area (Å²) < 4.78 is 2.53. The van der Waals surface area contributed by atoms with Gasteiger partial charge in [-0.25, -0.2) is 4.79 Å². The molecular weight excluding hydrogens is 452 g/mol. The predicted molar refractivity (Wildman–Crippen MR) is 135 cm³/mol. The van der Waals surface area contributed by atoms with Gasteiger partial charge >= 0.3 is 5.69 Å². The molecule has 0 spiro atoms. The first kappa shape index (κ1) is 25.2. The van der Waals surface area contributed by atoms with Gasteiger partial charge in [0.15, 0.2) is 0 Å². The van der Waals surface area contributed by atoms with Gasteiger partial charge in [0.1, 0.15) is 13.1 Å². The van der Waals surface area contributed by atoms with Crippen molar-refractivity contribution in [2.75, 3.05) is 29.4 Å². The van der Waals surface area contributed by atoms with Crippen molar-refractivity contribution in [2.45, 2.75) is 26.9 Å². The number of primary amides is 1. The number of non-ortho nitro benzene ring substituents is 1. The Hall–Kier alpha value is -4.41. The van der Waals surface area contributed by atoms with Crippen LogP contribution in [-0.2, 0) is 22.7 Å². The molecule has 1 aromatic heterocycles. The molecule has 2 amide bonds. The van der Waals surface area contributed by atoms with E-state index in [-0.39, 0.29) is 25.3 Å². The maximum Gasteiger partial charge on any atom is 0.329 e. The van der Waals surface area contributed by atoms with Crippen molar-refractivity contribution in [2.24, 2.45) is 5.73 Å². The summed E-state index contributed by atoms with van der Waals surface area (Å²) in [5.41, 5.74) is 6.79. The Labute approximate surface area is 201 Å². The maximum atomic E-state index is 13.3. The number of nitro groups is 1. The number of rotatable bonds is 11. The van der Waals surface area contributed by atoms with E-state index in [4.69, 9.17) is 5.73 Å². The molecule has 0 aliphatic carbocycles.